The second-order valence-corrected chi connectivity index (χ2v) is 9.98. The van der Waals surface area contributed by atoms with Gasteiger partial charge in [0, 0.05) is 0 Å². The van der Waals surface area contributed by atoms with Crippen LogP contribution in [0, 0.1) is 11.8 Å². The maximum absolute atomic E-state index is 2.40. The molecule has 1 aliphatic carbocycles. The fourth-order valence-electron chi connectivity index (χ4n) is 5.42. The van der Waals surface area contributed by atoms with Crippen LogP contribution in [0.1, 0.15) is 108 Å². The van der Waals surface area contributed by atoms with Crippen molar-refractivity contribution in [2.75, 3.05) is 0 Å². The number of benzene rings is 2. The Kier molecular flexibility index (Phi) is 9.50. The molecule has 0 nitrogen and oxygen atoms in total. The third-order valence-corrected chi connectivity index (χ3v) is 7.35. The van der Waals surface area contributed by atoms with E-state index in [2.05, 4.69) is 69.3 Å². The first kappa shape index (κ1) is 23.1. The molecule has 164 valence electrons. The van der Waals surface area contributed by atoms with E-state index in [0.29, 0.717) is 0 Å². The molecule has 30 heavy (non-hydrogen) atoms. The van der Waals surface area contributed by atoms with Crippen molar-refractivity contribution < 1.29 is 0 Å². The van der Waals surface area contributed by atoms with Crippen LogP contribution in [0.25, 0.3) is 11.1 Å². The van der Waals surface area contributed by atoms with Crippen molar-refractivity contribution >= 4 is 0 Å². The van der Waals surface area contributed by atoms with Gasteiger partial charge >= 0.3 is 0 Å². The Hall–Kier alpha value is -1.56. The van der Waals surface area contributed by atoms with Gasteiger partial charge in [0.1, 0.15) is 0 Å². The molecule has 0 N–H and O–H groups in total. The minimum atomic E-state index is 0.784. The third kappa shape index (κ3) is 7.00. The van der Waals surface area contributed by atoms with E-state index in [-0.39, 0.29) is 0 Å². The third-order valence-electron chi connectivity index (χ3n) is 7.35. The monoisotopic (exact) mass is 404 g/mol. The Morgan fingerprint density at radius 2 is 1.37 bits per heavy atom. The van der Waals surface area contributed by atoms with Crippen molar-refractivity contribution in [3.8, 4) is 11.1 Å². The summed E-state index contributed by atoms with van der Waals surface area (Å²) in [6.45, 7) is 6.96. The van der Waals surface area contributed by atoms with Gasteiger partial charge in [-0.15, -0.1) is 0 Å². The highest BCUT2D eigenvalue weighted by atomic mass is 14.3. The summed E-state index contributed by atoms with van der Waals surface area (Å²) in [5.74, 6) is 2.57. The topological polar surface area (TPSA) is 0 Å². The van der Waals surface area contributed by atoms with E-state index in [4.69, 9.17) is 0 Å². The van der Waals surface area contributed by atoms with Crippen LogP contribution in [-0.4, -0.2) is 0 Å². The summed E-state index contributed by atoms with van der Waals surface area (Å²) in [4.78, 5) is 0. The molecule has 1 atom stereocenters. The molecule has 1 saturated carbocycles. The largest absolute Gasteiger partial charge is 0.0654 e. The van der Waals surface area contributed by atoms with Gasteiger partial charge in [-0.25, -0.2) is 0 Å². The molecule has 1 aliphatic rings. The molecule has 2 aromatic carbocycles. The highest BCUT2D eigenvalue weighted by Crippen LogP contribution is 2.38. The molecule has 0 spiro atoms. The van der Waals surface area contributed by atoms with Crippen molar-refractivity contribution in [1.29, 1.82) is 0 Å². The lowest BCUT2D eigenvalue weighted by Gasteiger charge is -2.29. The summed E-state index contributed by atoms with van der Waals surface area (Å²) in [7, 11) is 0. The maximum atomic E-state index is 2.40. The normalized spacial score (nSPS) is 20.2. The number of unbranched alkanes of at least 4 members (excludes halogenated alkanes) is 3. The molecule has 0 saturated heterocycles. The van der Waals surface area contributed by atoms with Crippen molar-refractivity contribution in [3.05, 3.63) is 59.7 Å². The summed E-state index contributed by atoms with van der Waals surface area (Å²) >= 11 is 0. The Morgan fingerprint density at radius 3 is 1.97 bits per heavy atom. The fraction of sp³-hybridized carbons (Fsp3) is 0.600. The predicted molar refractivity (Wildman–Crippen MR) is 133 cm³/mol. The molecule has 2 aromatic rings. The average Bonchev–Trinajstić information content (AvgIpc) is 2.78. The van der Waals surface area contributed by atoms with E-state index in [0.717, 1.165) is 17.8 Å². The second-order valence-electron chi connectivity index (χ2n) is 9.98. The fourth-order valence-corrected chi connectivity index (χ4v) is 5.42. The van der Waals surface area contributed by atoms with Crippen molar-refractivity contribution in [1.82, 2.24) is 0 Å². The van der Waals surface area contributed by atoms with E-state index < -0.39 is 0 Å². The lowest BCUT2D eigenvalue weighted by atomic mass is 9.77. The number of hydrogen-bond acceptors (Lipinski definition) is 0. The van der Waals surface area contributed by atoms with E-state index in [1.54, 1.807) is 5.56 Å². The van der Waals surface area contributed by atoms with Gasteiger partial charge in [-0.3, -0.25) is 0 Å². The quantitative estimate of drug-likeness (QED) is 0.327. The molecular formula is C30H44. The van der Waals surface area contributed by atoms with E-state index in [1.165, 1.54) is 93.7 Å². The summed E-state index contributed by atoms with van der Waals surface area (Å²) < 4.78 is 0. The molecule has 0 aliphatic heterocycles. The average molecular weight is 405 g/mol. The molecule has 1 fully saturated rings. The van der Waals surface area contributed by atoms with Gasteiger partial charge in [0.25, 0.3) is 0 Å². The zero-order valence-electron chi connectivity index (χ0n) is 19.8. The van der Waals surface area contributed by atoms with Crippen molar-refractivity contribution in [2.24, 2.45) is 11.8 Å². The molecular weight excluding hydrogens is 360 g/mol. The van der Waals surface area contributed by atoms with Crippen molar-refractivity contribution in [2.45, 2.75) is 104 Å². The maximum Gasteiger partial charge on any atom is -0.0162 e. The zero-order chi connectivity index (χ0) is 21.2. The Bertz CT molecular complexity index is 701. The predicted octanol–water partition coefficient (Wildman–Crippen LogP) is 9.58. The summed E-state index contributed by atoms with van der Waals surface area (Å²) in [6.07, 6.45) is 16.6. The van der Waals surface area contributed by atoms with Gasteiger partial charge in [-0.05, 0) is 72.1 Å². The SMILES string of the molecule is CCCCCCC1CCC(c2ccc(-c3ccc(CC(C)CCC)cc3)cc2)CC1. The van der Waals surface area contributed by atoms with Gasteiger partial charge in [-0.2, -0.15) is 0 Å². The van der Waals surface area contributed by atoms with Crippen LogP contribution in [0.2, 0.25) is 0 Å². The van der Waals surface area contributed by atoms with Crippen LogP contribution in [0.15, 0.2) is 48.5 Å². The van der Waals surface area contributed by atoms with Crippen LogP contribution < -0.4 is 0 Å². The lowest BCUT2D eigenvalue weighted by Crippen LogP contribution is -2.13. The Morgan fingerprint density at radius 1 is 0.733 bits per heavy atom. The first-order chi connectivity index (χ1) is 14.7. The molecule has 1 unspecified atom stereocenters. The van der Waals surface area contributed by atoms with Crippen molar-refractivity contribution in [3.63, 3.8) is 0 Å². The highest BCUT2D eigenvalue weighted by molar-refractivity contribution is 5.64. The van der Waals surface area contributed by atoms with Gasteiger partial charge < -0.3 is 0 Å². The summed E-state index contributed by atoms with van der Waals surface area (Å²) in [5, 5.41) is 0. The highest BCUT2D eigenvalue weighted by Gasteiger charge is 2.22. The molecule has 0 heterocycles. The summed E-state index contributed by atoms with van der Waals surface area (Å²) in [5.41, 5.74) is 5.75. The Balaban J connectivity index is 1.49. The minimum Gasteiger partial charge on any atom is -0.0654 e. The number of rotatable bonds is 11. The van der Waals surface area contributed by atoms with Crippen LogP contribution in [0.4, 0.5) is 0 Å². The van der Waals surface area contributed by atoms with Gasteiger partial charge in [-0.1, -0.05) is 114 Å². The first-order valence-corrected chi connectivity index (χ1v) is 12.9. The van der Waals surface area contributed by atoms with Gasteiger partial charge in [0.05, 0.1) is 0 Å². The van der Waals surface area contributed by atoms with Crippen LogP contribution in [-0.2, 0) is 6.42 Å². The molecule has 0 radical (unpaired) electrons. The van der Waals surface area contributed by atoms with E-state index in [1.807, 2.05) is 0 Å². The Labute approximate surface area is 186 Å². The second kappa shape index (κ2) is 12.3. The van der Waals surface area contributed by atoms with Crippen LogP contribution in [0.5, 0.6) is 0 Å². The smallest absolute Gasteiger partial charge is 0.0162 e. The van der Waals surface area contributed by atoms with Gasteiger partial charge in [0.15, 0.2) is 0 Å². The standard InChI is InChI=1S/C30H44/c1-4-6-7-8-10-25-11-15-27(16-12-25)29-19-21-30(22-20-29)28-17-13-26(14-18-28)23-24(3)9-5-2/h13-14,17-22,24-25,27H,4-12,15-16,23H2,1-3H3. The molecule has 0 bridgehead atoms. The molecule has 0 amide bonds. The van der Waals surface area contributed by atoms with E-state index in [9.17, 15) is 0 Å². The van der Waals surface area contributed by atoms with Gasteiger partial charge in [0.2, 0.25) is 0 Å². The molecule has 0 heteroatoms. The summed E-state index contributed by atoms with van der Waals surface area (Å²) in [6, 6.07) is 18.8. The number of hydrogen-bond donors (Lipinski definition) is 0. The minimum absolute atomic E-state index is 0.784. The zero-order valence-corrected chi connectivity index (χ0v) is 19.8. The van der Waals surface area contributed by atoms with E-state index >= 15 is 0 Å². The van der Waals surface area contributed by atoms with Crippen LogP contribution >= 0.6 is 0 Å². The first-order valence-electron chi connectivity index (χ1n) is 12.9. The lowest BCUT2D eigenvalue weighted by molar-refractivity contribution is 0.302. The molecule has 0 aromatic heterocycles. The molecule has 3 rings (SSSR count). The van der Waals surface area contributed by atoms with Crippen LogP contribution in [0.3, 0.4) is 0 Å².